The summed E-state index contributed by atoms with van der Waals surface area (Å²) in [6.45, 7) is 1.56. The lowest BCUT2D eigenvalue weighted by molar-refractivity contribution is -0.114. The van der Waals surface area contributed by atoms with Crippen LogP contribution in [0.2, 0.25) is 0 Å². The summed E-state index contributed by atoms with van der Waals surface area (Å²) < 4.78 is 20.6. The number of nitrogens with one attached hydrogen (secondary N) is 3. The van der Waals surface area contributed by atoms with E-state index in [1.165, 1.54) is 26.2 Å². The predicted molar refractivity (Wildman–Crippen MR) is 90.7 cm³/mol. The Hall–Kier alpha value is -2.94. The molecule has 1 aromatic heterocycles. The van der Waals surface area contributed by atoms with Gasteiger partial charge in [-0.25, -0.2) is 9.18 Å². The van der Waals surface area contributed by atoms with Gasteiger partial charge in [-0.1, -0.05) is 0 Å². The van der Waals surface area contributed by atoms with Crippen LogP contribution in [0.4, 0.5) is 20.6 Å². The molecule has 0 radical (unpaired) electrons. The van der Waals surface area contributed by atoms with Crippen molar-refractivity contribution in [2.24, 2.45) is 7.05 Å². The number of hydrogen-bond acceptors (Lipinski definition) is 4. The van der Waals surface area contributed by atoms with Gasteiger partial charge in [0.05, 0.1) is 24.0 Å². The molecule has 3 N–H and O–H groups in total. The van der Waals surface area contributed by atoms with Crippen LogP contribution in [0.3, 0.4) is 0 Å². The Morgan fingerprint density at radius 1 is 1.32 bits per heavy atom. The summed E-state index contributed by atoms with van der Waals surface area (Å²) in [7, 11) is 3.26. The number of anilines is 2. The molecule has 9 heteroatoms. The summed E-state index contributed by atoms with van der Waals surface area (Å²) in [5.41, 5.74) is 1.07. The second kappa shape index (κ2) is 8.25. The Balaban J connectivity index is 2.10. The number of aryl methyl sites for hydroxylation is 1. The van der Waals surface area contributed by atoms with Crippen molar-refractivity contribution in [1.29, 1.82) is 0 Å². The van der Waals surface area contributed by atoms with Crippen LogP contribution in [0.25, 0.3) is 0 Å². The molecule has 0 bridgehead atoms. The minimum atomic E-state index is -0.618. The summed E-state index contributed by atoms with van der Waals surface area (Å²) in [5, 5.41) is 11.7. The van der Waals surface area contributed by atoms with Crippen molar-refractivity contribution in [2.75, 3.05) is 24.4 Å². The van der Waals surface area contributed by atoms with Gasteiger partial charge in [-0.15, -0.1) is 0 Å². The number of hydrogen-bond donors (Lipinski definition) is 3. The fourth-order valence-corrected chi connectivity index (χ4v) is 2.31. The molecule has 25 heavy (non-hydrogen) atoms. The van der Waals surface area contributed by atoms with Crippen LogP contribution in [0.5, 0.6) is 0 Å². The van der Waals surface area contributed by atoms with Gasteiger partial charge in [0.15, 0.2) is 0 Å². The molecule has 3 amide bonds. The minimum absolute atomic E-state index is 0.0510. The maximum atomic E-state index is 13.9. The first-order chi connectivity index (χ1) is 11.9. The highest BCUT2D eigenvalue weighted by Gasteiger charge is 2.18. The Bertz CT molecular complexity index is 762. The molecule has 2 rings (SSSR count). The van der Waals surface area contributed by atoms with Crippen LogP contribution >= 0.6 is 0 Å². The Morgan fingerprint density at radius 2 is 2.08 bits per heavy atom. The van der Waals surface area contributed by atoms with Gasteiger partial charge in [-0.05, 0) is 24.3 Å². The molecule has 8 nitrogen and oxygen atoms in total. The van der Waals surface area contributed by atoms with Crippen LogP contribution in [0.1, 0.15) is 18.7 Å². The van der Waals surface area contributed by atoms with Crippen LogP contribution in [-0.4, -0.2) is 35.4 Å². The number of benzene rings is 1. The molecule has 0 aliphatic rings. The van der Waals surface area contributed by atoms with Gasteiger partial charge >= 0.3 is 6.03 Å². The Kier molecular flexibility index (Phi) is 6.07. The van der Waals surface area contributed by atoms with E-state index in [4.69, 9.17) is 4.74 Å². The predicted octanol–water partition coefficient (Wildman–Crippen LogP) is 2.03. The molecule has 1 heterocycles. The normalized spacial score (nSPS) is 11.7. The average molecular weight is 349 g/mol. The lowest BCUT2D eigenvalue weighted by Gasteiger charge is -2.19. The molecular weight excluding hydrogens is 329 g/mol. The first-order valence-corrected chi connectivity index (χ1v) is 7.52. The number of rotatable bonds is 6. The van der Waals surface area contributed by atoms with E-state index in [1.807, 2.05) is 0 Å². The molecule has 0 fully saturated rings. The second-order valence-corrected chi connectivity index (χ2v) is 5.36. The Morgan fingerprint density at radius 3 is 2.68 bits per heavy atom. The highest BCUT2D eigenvalue weighted by molar-refractivity contribution is 5.92. The van der Waals surface area contributed by atoms with Crippen molar-refractivity contribution in [3.63, 3.8) is 0 Å². The SMILES string of the molecule is COCC(NC(=O)Nc1cc(NC(C)=O)ccc1F)c1ccnn1C. The number of aromatic nitrogens is 2. The summed E-state index contributed by atoms with van der Waals surface area (Å²) >= 11 is 0. The van der Waals surface area contributed by atoms with Crippen LogP contribution in [0, 0.1) is 5.82 Å². The van der Waals surface area contributed by atoms with Gasteiger partial charge in [0.1, 0.15) is 5.82 Å². The van der Waals surface area contributed by atoms with Gasteiger partial charge in [0, 0.05) is 33.0 Å². The van der Waals surface area contributed by atoms with E-state index in [0.717, 1.165) is 11.8 Å². The summed E-state index contributed by atoms with van der Waals surface area (Å²) in [6, 6.07) is 4.59. The van der Waals surface area contributed by atoms with E-state index in [-0.39, 0.29) is 18.2 Å². The fourth-order valence-electron chi connectivity index (χ4n) is 2.31. The number of carbonyl (C=O) groups excluding carboxylic acids is 2. The van der Waals surface area contributed by atoms with Gasteiger partial charge < -0.3 is 20.7 Å². The maximum absolute atomic E-state index is 13.9. The van der Waals surface area contributed by atoms with Crippen LogP contribution < -0.4 is 16.0 Å². The first-order valence-electron chi connectivity index (χ1n) is 7.52. The number of halogens is 1. The molecular formula is C16H20FN5O3. The summed E-state index contributed by atoms with van der Waals surface area (Å²) in [6.07, 6.45) is 1.61. The number of ether oxygens (including phenoxy) is 1. The molecule has 0 saturated carbocycles. The Labute approximate surface area is 144 Å². The molecule has 2 aromatic rings. The number of nitrogens with zero attached hydrogens (tertiary/aromatic N) is 2. The number of carbonyl (C=O) groups is 2. The monoisotopic (exact) mass is 349 g/mol. The van der Waals surface area contributed by atoms with Crippen molar-refractivity contribution < 1.29 is 18.7 Å². The minimum Gasteiger partial charge on any atom is -0.382 e. The standard InChI is InChI=1S/C16H20FN5O3/c1-10(23)19-11-4-5-12(17)13(8-11)20-16(24)21-14(9-25-3)15-6-7-18-22(15)2/h4-8,14H,9H2,1-3H3,(H,19,23)(H2,20,21,24). The van der Waals surface area contributed by atoms with Gasteiger partial charge in [-0.2, -0.15) is 5.10 Å². The molecule has 0 saturated heterocycles. The molecule has 0 aliphatic heterocycles. The number of methoxy groups -OCH3 is 1. The van der Waals surface area contributed by atoms with Crippen molar-refractivity contribution >= 4 is 23.3 Å². The second-order valence-electron chi connectivity index (χ2n) is 5.36. The van der Waals surface area contributed by atoms with Gasteiger partial charge in [0.2, 0.25) is 5.91 Å². The average Bonchev–Trinajstić information content (AvgIpc) is 2.95. The van der Waals surface area contributed by atoms with Crippen LogP contribution in [0.15, 0.2) is 30.5 Å². The topological polar surface area (TPSA) is 97.3 Å². The fraction of sp³-hybridized carbons (Fsp3) is 0.312. The van der Waals surface area contributed by atoms with E-state index in [2.05, 4.69) is 21.0 Å². The van der Waals surface area contributed by atoms with Crippen LogP contribution in [-0.2, 0) is 16.6 Å². The molecule has 0 aliphatic carbocycles. The third-order valence-corrected chi connectivity index (χ3v) is 3.39. The van der Waals surface area contributed by atoms with Crippen molar-refractivity contribution in [3.05, 3.63) is 42.0 Å². The smallest absolute Gasteiger partial charge is 0.319 e. The van der Waals surface area contributed by atoms with Gasteiger partial charge in [-0.3, -0.25) is 9.48 Å². The zero-order valence-electron chi connectivity index (χ0n) is 14.2. The van der Waals surface area contributed by atoms with Crippen molar-refractivity contribution in [1.82, 2.24) is 15.1 Å². The summed E-state index contributed by atoms with van der Waals surface area (Å²) in [4.78, 5) is 23.3. The lowest BCUT2D eigenvalue weighted by atomic mass is 10.2. The zero-order chi connectivity index (χ0) is 18.4. The first kappa shape index (κ1) is 18.4. The van der Waals surface area contributed by atoms with E-state index in [0.29, 0.717) is 5.69 Å². The number of amides is 3. The highest BCUT2D eigenvalue weighted by atomic mass is 19.1. The van der Waals surface area contributed by atoms with E-state index in [1.54, 1.807) is 24.0 Å². The zero-order valence-corrected chi connectivity index (χ0v) is 14.2. The van der Waals surface area contributed by atoms with Crippen molar-refractivity contribution in [3.8, 4) is 0 Å². The molecule has 134 valence electrons. The largest absolute Gasteiger partial charge is 0.382 e. The molecule has 1 atom stereocenters. The van der Waals surface area contributed by atoms with E-state index < -0.39 is 17.9 Å². The van der Waals surface area contributed by atoms with Gasteiger partial charge in [0.25, 0.3) is 0 Å². The maximum Gasteiger partial charge on any atom is 0.319 e. The number of urea groups is 1. The quantitative estimate of drug-likeness (QED) is 0.743. The lowest BCUT2D eigenvalue weighted by Crippen LogP contribution is -2.36. The third kappa shape index (κ3) is 5.01. The third-order valence-electron chi connectivity index (χ3n) is 3.39. The van der Waals surface area contributed by atoms with E-state index in [9.17, 15) is 14.0 Å². The molecule has 1 unspecified atom stereocenters. The molecule has 1 aromatic carbocycles. The molecule has 0 spiro atoms. The summed E-state index contributed by atoms with van der Waals surface area (Å²) in [5.74, 6) is -0.911. The highest BCUT2D eigenvalue weighted by Crippen LogP contribution is 2.20. The van der Waals surface area contributed by atoms with E-state index >= 15 is 0 Å². The van der Waals surface area contributed by atoms with Crippen molar-refractivity contribution in [2.45, 2.75) is 13.0 Å².